The summed E-state index contributed by atoms with van der Waals surface area (Å²) < 4.78 is 8.05. The lowest BCUT2D eigenvalue weighted by Gasteiger charge is -2.09. The molecule has 2 amide bonds. The van der Waals surface area contributed by atoms with Crippen molar-refractivity contribution in [1.82, 2.24) is 14.7 Å². The number of hydrogen-bond acceptors (Lipinski definition) is 6. The number of esters is 1. The molecule has 0 unspecified atom stereocenters. The molecular weight excluding hydrogens is 507 g/mol. The average molecular weight is 532 g/mol. The number of thiophene rings is 1. The van der Waals surface area contributed by atoms with Gasteiger partial charge in [-0.3, -0.25) is 14.3 Å². The molecule has 0 fully saturated rings. The minimum atomic E-state index is -0.536. The predicted molar refractivity (Wildman–Crippen MR) is 121 cm³/mol. The fourth-order valence-corrected chi connectivity index (χ4v) is 4.20. The lowest BCUT2D eigenvalue weighted by atomic mass is 10.1. The molecule has 10 heteroatoms. The van der Waals surface area contributed by atoms with Gasteiger partial charge in [-0.05, 0) is 48.4 Å². The minimum absolute atomic E-state index is 0.190. The molecular formula is C19H25IN4O4S. The zero-order chi connectivity index (χ0) is 21.7. The van der Waals surface area contributed by atoms with Crippen LogP contribution >= 0.6 is 33.9 Å². The van der Waals surface area contributed by atoms with Gasteiger partial charge in [0.2, 0.25) is 5.91 Å². The average Bonchev–Trinajstić information content (AvgIpc) is 3.16. The molecule has 0 aliphatic rings. The summed E-state index contributed by atoms with van der Waals surface area (Å²) in [6, 6.07) is 0. The van der Waals surface area contributed by atoms with E-state index in [2.05, 4.69) is 33.0 Å². The summed E-state index contributed by atoms with van der Waals surface area (Å²) >= 11 is 3.29. The molecule has 2 rings (SSSR count). The Bertz CT molecular complexity index is 920. The van der Waals surface area contributed by atoms with Crippen LogP contribution in [0.1, 0.15) is 51.1 Å². The lowest BCUT2D eigenvalue weighted by molar-refractivity contribution is -0.116. The molecule has 158 valence electrons. The van der Waals surface area contributed by atoms with Gasteiger partial charge in [0.25, 0.3) is 5.91 Å². The maximum absolute atomic E-state index is 12.6. The Hall–Kier alpha value is -1.95. The summed E-state index contributed by atoms with van der Waals surface area (Å²) in [6.07, 6.45) is 2.62. The van der Waals surface area contributed by atoms with Crippen LogP contribution in [0.15, 0.2) is 6.20 Å². The zero-order valence-electron chi connectivity index (χ0n) is 17.2. The number of nitrogens with zero attached hydrogens (tertiary/aromatic N) is 3. The number of anilines is 1. The number of nitrogens with one attached hydrogen (secondary N) is 1. The number of halogens is 1. The monoisotopic (exact) mass is 532 g/mol. The topological polar surface area (TPSA) is 93.5 Å². The summed E-state index contributed by atoms with van der Waals surface area (Å²) in [6.45, 7) is 6.23. The second-order valence-electron chi connectivity index (χ2n) is 6.70. The smallest absolute Gasteiger partial charge is 0.341 e. The van der Waals surface area contributed by atoms with E-state index in [1.165, 1.54) is 4.90 Å². The Kier molecular flexibility index (Phi) is 8.20. The summed E-state index contributed by atoms with van der Waals surface area (Å²) in [5, 5.41) is 7.37. The molecule has 1 N–H and O–H groups in total. The molecule has 2 aromatic heterocycles. The van der Waals surface area contributed by atoms with E-state index in [-0.39, 0.29) is 30.4 Å². The number of carbonyl (C=O) groups excluding carboxylic acids is 3. The summed E-state index contributed by atoms with van der Waals surface area (Å²) in [7, 11) is 3.28. The predicted octanol–water partition coefficient (Wildman–Crippen LogP) is 3.46. The van der Waals surface area contributed by atoms with Crippen molar-refractivity contribution in [3.05, 3.63) is 31.5 Å². The number of aryl methyl sites for hydroxylation is 1. The molecule has 29 heavy (non-hydrogen) atoms. The van der Waals surface area contributed by atoms with Gasteiger partial charge in [0, 0.05) is 26.2 Å². The Morgan fingerprint density at radius 3 is 2.55 bits per heavy atom. The van der Waals surface area contributed by atoms with Crippen LogP contribution in [0.5, 0.6) is 0 Å². The molecule has 0 saturated carbocycles. The number of amides is 2. The molecule has 0 aliphatic carbocycles. The Morgan fingerprint density at radius 1 is 1.31 bits per heavy atom. The van der Waals surface area contributed by atoms with Crippen LogP contribution in [-0.4, -0.2) is 53.2 Å². The van der Waals surface area contributed by atoms with E-state index in [1.54, 1.807) is 31.9 Å². The van der Waals surface area contributed by atoms with Gasteiger partial charge in [-0.1, -0.05) is 6.92 Å². The van der Waals surface area contributed by atoms with E-state index in [1.807, 2.05) is 13.8 Å². The Balaban J connectivity index is 2.23. The maximum atomic E-state index is 12.6. The fraction of sp³-hybridized carbons (Fsp3) is 0.474. The third kappa shape index (κ3) is 5.56. The van der Waals surface area contributed by atoms with Crippen molar-refractivity contribution in [2.45, 2.75) is 40.2 Å². The first-order valence-electron chi connectivity index (χ1n) is 9.17. The summed E-state index contributed by atoms with van der Waals surface area (Å²) in [4.78, 5) is 39.4. The molecule has 0 bridgehead atoms. The number of ether oxygens (including phenoxy) is 1. The molecule has 0 atom stereocenters. The number of carbonyl (C=O) groups is 3. The second-order valence-corrected chi connectivity index (χ2v) is 8.88. The summed E-state index contributed by atoms with van der Waals surface area (Å²) in [5.41, 5.74) is 1.75. The van der Waals surface area contributed by atoms with Gasteiger partial charge < -0.3 is 15.0 Å². The third-order valence-electron chi connectivity index (χ3n) is 4.24. The van der Waals surface area contributed by atoms with Crippen molar-refractivity contribution in [2.24, 2.45) is 0 Å². The molecule has 0 saturated heterocycles. The van der Waals surface area contributed by atoms with Crippen molar-refractivity contribution in [1.29, 1.82) is 0 Å². The van der Waals surface area contributed by atoms with Gasteiger partial charge in [0.15, 0.2) is 0 Å². The first-order valence-corrected chi connectivity index (χ1v) is 11.1. The molecule has 2 heterocycles. The van der Waals surface area contributed by atoms with Crippen molar-refractivity contribution in [3.8, 4) is 0 Å². The van der Waals surface area contributed by atoms with Crippen molar-refractivity contribution < 1.29 is 19.1 Å². The van der Waals surface area contributed by atoms with E-state index in [9.17, 15) is 14.4 Å². The first kappa shape index (κ1) is 23.3. The van der Waals surface area contributed by atoms with Gasteiger partial charge in [0.05, 0.1) is 33.4 Å². The largest absolute Gasteiger partial charge is 0.462 e. The van der Waals surface area contributed by atoms with E-state index in [0.29, 0.717) is 28.4 Å². The third-order valence-corrected chi connectivity index (χ3v) is 6.49. The van der Waals surface area contributed by atoms with Crippen molar-refractivity contribution in [2.75, 3.05) is 26.0 Å². The van der Waals surface area contributed by atoms with Crippen LogP contribution in [0, 0.1) is 17.4 Å². The van der Waals surface area contributed by atoms with Crippen LogP contribution in [0.25, 0.3) is 0 Å². The number of rotatable bonds is 8. The first-order chi connectivity index (χ1) is 13.7. The van der Waals surface area contributed by atoms with E-state index in [4.69, 9.17) is 4.74 Å². The Morgan fingerprint density at radius 2 is 2.00 bits per heavy atom. The summed E-state index contributed by atoms with van der Waals surface area (Å²) in [5.74, 6) is -1.02. The minimum Gasteiger partial charge on any atom is -0.462 e. The van der Waals surface area contributed by atoms with Gasteiger partial charge in [0.1, 0.15) is 5.00 Å². The molecule has 2 aromatic rings. The highest BCUT2D eigenvalue weighted by Gasteiger charge is 2.27. The standard InChI is InChI=1S/C19H25IN4O4S/c1-6-9-28-19(27)15-11(2)16(18(26)23(4)5)29-17(15)22-14(25)7-8-24-12(3)13(20)10-21-24/h10H,6-9H2,1-5H3,(H,22,25). The maximum Gasteiger partial charge on any atom is 0.341 e. The fourth-order valence-electron chi connectivity index (χ4n) is 2.57. The molecule has 0 aliphatic heterocycles. The lowest BCUT2D eigenvalue weighted by Crippen LogP contribution is -2.21. The van der Waals surface area contributed by atoms with Gasteiger partial charge in [-0.15, -0.1) is 11.3 Å². The number of hydrogen-bond donors (Lipinski definition) is 1. The number of aromatic nitrogens is 2. The van der Waals surface area contributed by atoms with E-state index in [0.717, 1.165) is 20.6 Å². The van der Waals surface area contributed by atoms with Crippen LogP contribution in [-0.2, 0) is 16.1 Å². The van der Waals surface area contributed by atoms with E-state index < -0.39 is 5.97 Å². The molecule has 0 spiro atoms. The van der Waals surface area contributed by atoms with Crippen LogP contribution in [0.4, 0.5) is 5.00 Å². The van der Waals surface area contributed by atoms with Gasteiger partial charge in [-0.25, -0.2) is 4.79 Å². The second kappa shape index (κ2) is 10.2. The Labute approximate surface area is 187 Å². The molecule has 0 radical (unpaired) electrons. The van der Waals surface area contributed by atoms with Crippen LogP contribution < -0.4 is 5.32 Å². The van der Waals surface area contributed by atoms with Crippen molar-refractivity contribution in [3.63, 3.8) is 0 Å². The van der Waals surface area contributed by atoms with E-state index >= 15 is 0 Å². The highest BCUT2D eigenvalue weighted by Crippen LogP contribution is 2.34. The molecule has 8 nitrogen and oxygen atoms in total. The SMILES string of the molecule is CCCOC(=O)c1c(NC(=O)CCn2ncc(I)c2C)sc(C(=O)N(C)C)c1C. The van der Waals surface area contributed by atoms with Crippen LogP contribution in [0.2, 0.25) is 0 Å². The highest BCUT2D eigenvalue weighted by molar-refractivity contribution is 14.1. The normalized spacial score (nSPS) is 10.7. The molecule has 0 aromatic carbocycles. The quantitative estimate of drug-likeness (QED) is 0.415. The van der Waals surface area contributed by atoms with Gasteiger partial charge in [-0.2, -0.15) is 5.10 Å². The van der Waals surface area contributed by atoms with Crippen molar-refractivity contribution >= 4 is 56.7 Å². The van der Waals surface area contributed by atoms with Gasteiger partial charge >= 0.3 is 5.97 Å². The highest BCUT2D eigenvalue weighted by atomic mass is 127. The zero-order valence-corrected chi connectivity index (χ0v) is 20.1. The van der Waals surface area contributed by atoms with Crippen LogP contribution in [0.3, 0.4) is 0 Å².